The summed E-state index contributed by atoms with van der Waals surface area (Å²) in [6.45, 7) is 2.32. The molecule has 0 amide bonds. The number of hydrogen-bond acceptors (Lipinski definition) is 5. The number of ether oxygens (including phenoxy) is 2. The van der Waals surface area contributed by atoms with Gasteiger partial charge in [0.2, 0.25) is 6.08 Å². The molecule has 1 aliphatic heterocycles. The third kappa shape index (κ3) is 3.11. The maximum Gasteiger partial charge on any atom is 0.235 e. The van der Waals surface area contributed by atoms with E-state index in [9.17, 15) is 4.79 Å². The molecule has 5 heteroatoms. The van der Waals surface area contributed by atoms with Crippen molar-refractivity contribution in [3.05, 3.63) is 17.7 Å². The molecule has 0 N–H and O–H groups in total. The topological polar surface area (TPSA) is 51.1 Å². The van der Waals surface area contributed by atoms with Gasteiger partial charge in [-0.3, -0.25) is 0 Å². The van der Waals surface area contributed by atoms with E-state index in [1.807, 2.05) is 12.1 Å². The first-order valence-electron chi connectivity index (χ1n) is 6.83. The SMILES string of the molecule is COc1cc(N2CCCCC2)c(OC)cc1CN=C=O. The minimum Gasteiger partial charge on any atom is -0.496 e. The molecule has 1 saturated heterocycles. The zero-order valence-electron chi connectivity index (χ0n) is 12.0. The predicted molar refractivity (Wildman–Crippen MR) is 77.4 cm³/mol. The zero-order chi connectivity index (χ0) is 14.4. The van der Waals surface area contributed by atoms with Crippen LogP contribution in [0.2, 0.25) is 0 Å². The highest BCUT2D eigenvalue weighted by molar-refractivity contribution is 5.64. The van der Waals surface area contributed by atoms with E-state index >= 15 is 0 Å². The number of hydrogen-bond donors (Lipinski definition) is 0. The molecule has 108 valence electrons. The van der Waals surface area contributed by atoms with Crippen molar-refractivity contribution in [2.24, 2.45) is 4.99 Å². The normalized spacial score (nSPS) is 14.6. The summed E-state index contributed by atoms with van der Waals surface area (Å²) in [4.78, 5) is 16.2. The molecule has 0 atom stereocenters. The molecule has 1 aromatic rings. The summed E-state index contributed by atoms with van der Waals surface area (Å²) in [7, 11) is 3.28. The summed E-state index contributed by atoms with van der Waals surface area (Å²) in [5.41, 5.74) is 1.87. The van der Waals surface area contributed by atoms with Crippen LogP contribution in [0.15, 0.2) is 17.1 Å². The average molecular weight is 276 g/mol. The molecular formula is C15H20N2O3. The monoisotopic (exact) mass is 276 g/mol. The largest absolute Gasteiger partial charge is 0.496 e. The van der Waals surface area contributed by atoms with Gasteiger partial charge in [-0.25, -0.2) is 9.79 Å². The Balaban J connectivity index is 2.37. The second kappa shape index (κ2) is 6.96. The van der Waals surface area contributed by atoms with Crippen LogP contribution in [0.4, 0.5) is 5.69 Å². The molecule has 0 spiro atoms. The van der Waals surface area contributed by atoms with Crippen molar-refractivity contribution in [2.75, 3.05) is 32.2 Å². The van der Waals surface area contributed by atoms with Crippen LogP contribution in [0.1, 0.15) is 24.8 Å². The molecule has 1 fully saturated rings. The van der Waals surface area contributed by atoms with Crippen molar-refractivity contribution >= 4 is 11.8 Å². The van der Waals surface area contributed by atoms with Gasteiger partial charge in [0.1, 0.15) is 11.5 Å². The summed E-state index contributed by atoms with van der Waals surface area (Å²) in [6.07, 6.45) is 5.23. The van der Waals surface area contributed by atoms with E-state index in [2.05, 4.69) is 9.89 Å². The number of aliphatic imine (C=N–C) groups is 1. The molecule has 1 aromatic carbocycles. The number of isocyanates is 1. The van der Waals surface area contributed by atoms with Crippen molar-refractivity contribution < 1.29 is 14.3 Å². The maximum atomic E-state index is 10.3. The highest BCUT2D eigenvalue weighted by Gasteiger charge is 2.18. The number of methoxy groups -OCH3 is 2. The van der Waals surface area contributed by atoms with Gasteiger partial charge in [-0.2, -0.15) is 0 Å². The van der Waals surface area contributed by atoms with Gasteiger partial charge in [0.15, 0.2) is 0 Å². The summed E-state index contributed by atoms with van der Waals surface area (Å²) < 4.78 is 10.9. The smallest absolute Gasteiger partial charge is 0.235 e. The molecule has 0 aliphatic carbocycles. The Hall–Kier alpha value is -2.00. The van der Waals surface area contributed by atoms with Gasteiger partial charge >= 0.3 is 0 Å². The lowest BCUT2D eigenvalue weighted by atomic mass is 10.1. The van der Waals surface area contributed by atoms with Crippen molar-refractivity contribution in [3.63, 3.8) is 0 Å². The third-order valence-corrected chi connectivity index (χ3v) is 3.59. The predicted octanol–water partition coefficient (Wildman–Crippen LogP) is 2.53. The number of rotatable bonds is 5. The van der Waals surface area contributed by atoms with Crippen molar-refractivity contribution in [2.45, 2.75) is 25.8 Å². The highest BCUT2D eigenvalue weighted by Crippen LogP contribution is 2.37. The summed E-state index contributed by atoms with van der Waals surface area (Å²) in [5.74, 6) is 1.52. The molecule has 0 aromatic heterocycles. The molecular weight excluding hydrogens is 256 g/mol. The fraction of sp³-hybridized carbons (Fsp3) is 0.533. The molecule has 0 bridgehead atoms. The van der Waals surface area contributed by atoms with Gasteiger partial charge in [-0.15, -0.1) is 0 Å². The van der Waals surface area contributed by atoms with Gasteiger partial charge in [0.25, 0.3) is 0 Å². The van der Waals surface area contributed by atoms with E-state index in [4.69, 9.17) is 9.47 Å². The quantitative estimate of drug-likeness (QED) is 0.612. The van der Waals surface area contributed by atoms with Gasteiger partial charge in [0, 0.05) is 24.7 Å². The van der Waals surface area contributed by atoms with E-state index in [1.165, 1.54) is 19.3 Å². The van der Waals surface area contributed by atoms with Crippen molar-refractivity contribution in [1.29, 1.82) is 0 Å². The van der Waals surface area contributed by atoms with Crippen LogP contribution < -0.4 is 14.4 Å². The highest BCUT2D eigenvalue weighted by atomic mass is 16.5. The molecule has 5 nitrogen and oxygen atoms in total. The Morgan fingerprint density at radius 1 is 1.15 bits per heavy atom. The number of piperidine rings is 1. The summed E-state index contributed by atoms with van der Waals surface area (Å²) >= 11 is 0. The number of nitrogens with zero attached hydrogens (tertiary/aromatic N) is 2. The van der Waals surface area contributed by atoms with Crippen LogP contribution >= 0.6 is 0 Å². The first kappa shape index (κ1) is 14.4. The van der Waals surface area contributed by atoms with Crippen LogP contribution in [-0.2, 0) is 11.3 Å². The Morgan fingerprint density at radius 3 is 2.45 bits per heavy atom. The fourth-order valence-corrected chi connectivity index (χ4v) is 2.57. The molecule has 2 rings (SSSR count). The van der Waals surface area contributed by atoms with E-state index in [0.717, 1.165) is 35.8 Å². The van der Waals surface area contributed by atoms with Gasteiger partial charge in [-0.05, 0) is 25.3 Å². The third-order valence-electron chi connectivity index (χ3n) is 3.59. The van der Waals surface area contributed by atoms with Gasteiger partial charge in [0.05, 0.1) is 26.5 Å². The summed E-state index contributed by atoms with van der Waals surface area (Å²) in [6, 6.07) is 3.86. The molecule has 1 aliphatic rings. The second-order valence-corrected chi connectivity index (χ2v) is 4.79. The molecule has 1 heterocycles. The minimum absolute atomic E-state index is 0.253. The Morgan fingerprint density at radius 2 is 1.85 bits per heavy atom. The van der Waals surface area contributed by atoms with E-state index in [0.29, 0.717) is 0 Å². The Labute approximate surface area is 119 Å². The first-order valence-corrected chi connectivity index (χ1v) is 6.83. The van der Waals surface area contributed by atoms with Crippen LogP contribution in [-0.4, -0.2) is 33.4 Å². The lowest BCUT2D eigenvalue weighted by molar-refractivity contribution is 0.397. The fourth-order valence-electron chi connectivity index (χ4n) is 2.57. The van der Waals surface area contributed by atoms with Crippen LogP contribution in [0.25, 0.3) is 0 Å². The second-order valence-electron chi connectivity index (χ2n) is 4.79. The zero-order valence-corrected chi connectivity index (χ0v) is 12.0. The maximum absolute atomic E-state index is 10.3. The average Bonchev–Trinajstić information content (AvgIpc) is 2.52. The van der Waals surface area contributed by atoms with Gasteiger partial charge < -0.3 is 14.4 Å². The number of carbonyl (C=O) groups excluding carboxylic acids is 1. The van der Waals surface area contributed by atoms with E-state index < -0.39 is 0 Å². The molecule has 0 unspecified atom stereocenters. The van der Waals surface area contributed by atoms with E-state index in [-0.39, 0.29) is 6.54 Å². The molecule has 0 saturated carbocycles. The van der Waals surface area contributed by atoms with Crippen molar-refractivity contribution in [1.82, 2.24) is 0 Å². The number of anilines is 1. The first-order chi connectivity index (χ1) is 9.80. The van der Waals surface area contributed by atoms with Crippen LogP contribution in [0.3, 0.4) is 0 Å². The lowest BCUT2D eigenvalue weighted by Crippen LogP contribution is -2.29. The number of benzene rings is 1. The minimum atomic E-state index is 0.253. The van der Waals surface area contributed by atoms with Crippen LogP contribution in [0.5, 0.6) is 11.5 Å². The van der Waals surface area contributed by atoms with Gasteiger partial charge in [-0.1, -0.05) is 0 Å². The van der Waals surface area contributed by atoms with Crippen molar-refractivity contribution in [3.8, 4) is 11.5 Å². The standard InChI is InChI=1S/C15H20N2O3/c1-19-14-9-13(17-6-4-3-5-7-17)15(20-2)8-12(14)10-16-11-18/h8-9H,3-7,10H2,1-2H3. The molecule has 20 heavy (non-hydrogen) atoms. The summed E-state index contributed by atoms with van der Waals surface area (Å²) in [5, 5.41) is 0. The Bertz CT molecular complexity index is 504. The van der Waals surface area contributed by atoms with Crippen LogP contribution in [0, 0.1) is 0 Å². The lowest BCUT2D eigenvalue weighted by Gasteiger charge is -2.30. The Kier molecular flexibility index (Phi) is 5.02. The van der Waals surface area contributed by atoms with E-state index in [1.54, 1.807) is 20.3 Å². The molecule has 0 radical (unpaired) electrons.